The maximum absolute atomic E-state index is 12.2. The third kappa shape index (κ3) is 3.59. The van der Waals surface area contributed by atoms with Crippen LogP contribution in [0.4, 0.5) is 0 Å². The molecule has 0 atom stereocenters. The van der Waals surface area contributed by atoms with Crippen molar-refractivity contribution in [1.82, 2.24) is 9.62 Å². The van der Waals surface area contributed by atoms with E-state index >= 15 is 0 Å². The van der Waals surface area contributed by atoms with Crippen molar-refractivity contribution in [3.8, 4) is 11.5 Å². The van der Waals surface area contributed by atoms with Crippen LogP contribution in [0.1, 0.15) is 15.9 Å². The Morgan fingerprint density at radius 3 is 2.44 bits per heavy atom. The summed E-state index contributed by atoms with van der Waals surface area (Å²) < 4.78 is 35.7. The number of sulfonamides is 1. The van der Waals surface area contributed by atoms with Crippen LogP contribution in [0.2, 0.25) is 0 Å². The average Bonchev–Trinajstić information content (AvgIpc) is 3.07. The highest BCUT2D eigenvalue weighted by molar-refractivity contribution is 7.89. The van der Waals surface area contributed by atoms with Gasteiger partial charge in [0.2, 0.25) is 16.8 Å². The smallest absolute Gasteiger partial charge is 0.251 e. The van der Waals surface area contributed by atoms with Crippen LogP contribution in [0.15, 0.2) is 47.4 Å². The summed E-state index contributed by atoms with van der Waals surface area (Å²) in [4.78, 5) is 12.4. The van der Waals surface area contributed by atoms with Crippen LogP contribution in [-0.2, 0) is 16.6 Å². The van der Waals surface area contributed by atoms with Crippen LogP contribution in [-0.4, -0.2) is 39.5 Å². The molecular weight excluding hydrogens is 344 g/mol. The van der Waals surface area contributed by atoms with Gasteiger partial charge in [-0.3, -0.25) is 4.79 Å². The largest absolute Gasteiger partial charge is 0.454 e. The van der Waals surface area contributed by atoms with Crippen molar-refractivity contribution in [2.75, 3.05) is 20.9 Å². The van der Waals surface area contributed by atoms with E-state index < -0.39 is 10.0 Å². The van der Waals surface area contributed by atoms with Gasteiger partial charge < -0.3 is 14.8 Å². The minimum atomic E-state index is -3.50. The van der Waals surface area contributed by atoms with E-state index in [9.17, 15) is 13.2 Å². The van der Waals surface area contributed by atoms with Crippen LogP contribution >= 0.6 is 0 Å². The number of hydrogen-bond donors (Lipinski definition) is 1. The number of nitrogens with one attached hydrogen (secondary N) is 1. The molecule has 0 bridgehead atoms. The molecule has 0 unspecified atom stereocenters. The molecule has 0 fully saturated rings. The number of amides is 1. The highest BCUT2D eigenvalue weighted by atomic mass is 32.2. The van der Waals surface area contributed by atoms with Gasteiger partial charge in [0.1, 0.15) is 0 Å². The molecule has 0 radical (unpaired) electrons. The molecule has 7 nitrogen and oxygen atoms in total. The topological polar surface area (TPSA) is 84.9 Å². The molecule has 132 valence electrons. The summed E-state index contributed by atoms with van der Waals surface area (Å²) in [6, 6.07) is 11.3. The Hall–Kier alpha value is -2.58. The first-order valence-electron chi connectivity index (χ1n) is 7.57. The molecule has 2 aromatic rings. The standard InChI is InChI=1S/C17H18N2O5S/c1-19(2)25(21,22)14-6-4-13(5-7-14)17(20)18-10-12-3-8-15-16(9-12)24-11-23-15/h3-9H,10-11H2,1-2H3,(H,18,20). The first-order valence-corrected chi connectivity index (χ1v) is 9.01. The molecule has 1 N–H and O–H groups in total. The Morgan fingerprint density at radius 1 is 1.08 bits per heavy atom. The predicted octanol–water partition coefficient (Wildman–Crippen LogP) is 1.60. The van der Waals surface area contributed by atoms with E-state index in [0.29, 0.717) is 23.6 Å². The van der Waals surface area contributed by atoms with Gasteiger partial charge in [0.05, 0.1) is 4.90 Å². The van der Waals surface area contributed by atoms with Crippen molar-refractivity contribution in [3.63, 3.8) is 0 Å². The third-order valence-electron chi connectivity index (χ3n) is 3.79. The number of carbonyl (C=O) groups excluding carboxylic acids is 1. The van der Waals surface area contributed by atoms with E-state index in [1.165, 1.54) is 38.4 Å². The van der Waals surface area contributed by atoms with Gasteiger partial charge in [-0.05, 0) is 42.0 Å². The molecule has 0 saturated heterocycles. The summed E-state index contributed by atoms with van der Waals surface area (Å²) in [7, 11) is -0.585. The van der Waals surface area contributed by atoms with E-state index in [4.69, 9.17) is 9.47 Å². The number of fused-ring (bicyclic) bond motifs is 1. The Kier molecular flexibility index (Phi) is 4.65. The van der Waals surface area contributed by atoms with Gasteiger partial charge in [0.15, 0.2) is 11.5 Å². The molecule has 25 heavy (non-hydrogen) atoms. The number of ether oxygens (including phenoxy) is 2. The van der Waals surface area contributed by atoms with E-state index in [1.807, 2.05) is 12.1 Å². The quantitative estimate of drug-likeness (QED) is 0.873. The van der Waals surface area contributed by atoms with E-state index in [2.05, 4.69) is 5.32 Å². The van der Waals surface area contributed by atoms with Gasteiger partial charge in [0, 0.05) is 26.2 Å². The molecular formula is C17H18N2O5S. The summed E-state index contributed by atoms with van der Waals surface area (Å²) in [6.45, 7) is 0.528. The second-order valence-corrected chi connectivity index (χ2v) is 7.83. The van der Waals surface area contributed by atoms with E-state index in [0.717, 1.165) is 9.87 Å². The monoisotopic (exact) mass is 362 g/mol. The van der Waals surface area contributed by atoms with E-state index in [-0.39, 0.29) is 17.6 Å². The van der Waals surface area contributed by atoms with Crippen molar-refractivity contribution in [2.45, 2.75) is 11.4 Å². The molecule has 1 amide bonds. The van der Waals surface area contributed by atoms with Gasteiger partial charge in [0.25, 0.3) is 5.91 Å². The Labute approximate surface area is 146 Å². The summed E-state index contributed by atoms with van der Waals surface area (Å²) in [5, 5.41) is 2.79. The lowest BCUT2D eigenvalue weighted by molar-refractivity contribution is 0.0950. The van der Waals surface area contributed by atoms with Crippen molar-refractivity contribution in [1.29, 1.82) is 0 Å². The summed E-state index contributed by atoms with van der Waals surface area (Å²) in [5.74, 6) is 1.06. The molecule has 3 rings (SSSR count). The molecule has 2 aromatic carbocycles. The first-order chi connectivity index (χ1) is 11.9. The Bertz CT molecular complexity index is 892. The SMILES string of the molecule is CN(C)S(=O)(=O)c1ccc(C(=O)NCc2ccc3c(c2)OCO3)cc1. The molecule has 1 aliphatic heterocycles. The highest BCUT2D eigenvalue weighted by Crippen LogP contribution is 2.32. The average molecular weight is 362 g/mol. The molecule has 8 heteroatoms. The first kappa shape index (κ1) is 17.2. The molecule has 1 aliphatic rings. The molecule has 0 saturated carbocycles. The fourth-order valence-electron chi connectivity index (χ4n) is 2.32. The lowest BCUT2D eigenvalue weighted by Gasteiger charge is -2.11. The van der Waals surface area contributed by atoms with Crippen molar-refractivity contribution < 1.29 is 22.7 Å². The number of nitrogens with zero attached hydrogens (tertiary/aromatic N) is 1. The number of rotatable bonds is 5. The van der Waals surface area contributed by atoms with Gasteiger partial charge in [-0.25, -0.2) is 12.7 Å². The third-order valence-corrected chi connectivity index (χ3v) is 5.61. The van der Waals surface area contributed by atoms with Crippen molar-refractivity contribution in [2.24, 2.45) is 0 Å². The second kappa shape index (κ2) is 6.73. The van der Waals surface area contributed by atoms with Gasteiger partial charge in [-0.15, -0.1) is 0 Å². The number of hydrogen-bond acceptors (Lipinski definition) is 5. The summed E-state index contributed by atoms with van der Waals surface area (Å²) in [5.41, 5.74) is 1.27. The molecule has 1 heterocycles. The molecule has 0 aromatic heterocycles. The predicted molar refractivity (Wildman–Crippen MR) is 91.1 cm³/mol. The maximum atomic E-state index is 12.2. The van der Waals surface area contributed by atoms with Crippen LogP contribution in [0.5, 0.6) is 11.5 Å². The minimum Gasteiger partial charge on any atom is -0.454 e. The normalized spacial score (nSPS) is 13.1. The zero-order valence-electron chi connectivity index (χ0n) is 13.9. The number of carbonyl (C=O) groups is 1. The lowest BCUT2D eigenvalue weighted by Crippen LogP contribution is -2.24. The summed E-state index contributed by atoms with van der Waals surface area (Å²) in [6.07, 6.45) is 0. The zero-order chi connectivity index (χ0) is 18.0. The Balaban J connectivity index is 1.65. The van der Waals surface area contributed by atoms with Crippen molar-refractivity contribution >= 4 is 15.9 Å². The van der Waals surface area contributed by atoms with Crippen molar-refractivity contribution in [3.05, 3.63) is 53.6 Å². The fourth-order valence-corrected chi connectivity index (χ4v) is 3.23. The van der Waals surface area contributed by atoms with Gasteiger partial charge >= 0.3 is 0 Å². The van der Waals surface area contributed by atoms with E-state index in [1.54, 1.807) is 6.07 Å². The van der Waals surface area contributed by atoms with Gasteiger partial charge in [-0.2, -0.15) is 0 Å². The fraction of sp³-hybridized carbons (Fsp3) is 0.235. The lowest BCUT2D eigenvalue weighted by atomic mass is 10.2. The number of benzene rings is 2. The summed E-state index contributed by atoms with van der Waals surface area (Å²) >= 11 is 0. The van der Waals surface area contributed by atoms with Crippen LogP contribution in [0, 0.1) is 0 Å². The second-order valence-electron chi connectivity index (χ2n) is 5.68. The van der Waals surface area contributed by atoms with Crippen LogP contribution < -0.4 is 14.8 Å². The van der Waals surface area contributed by atoms with Gasteiger partial charge in [-0.1, -0.05) is 6.07 Å². The zero-order valence-corrected chi connectivity index (χ0v) is 14.7. The Morgan fingerprint density at radius 2 is 1.76 bits per heavy atom. The maximum Gasteiger partial charge on any atom is 0.251 e. The highest BCUT2D eigenvalue weighted by Gasteiger charge is 2.18. The van der Waals surface area contributed by atoms with Crippen LogP contribution in [0.25, 0.3) is 0 Å². The molecule has 0 aliphatic carbocycles. The molecule has 0 spiro atoms. The van der Waals surface area contributed by atoms with Crippen LogP contribution in [0.3, 0.4) is 0 Å². The minimum absolute atomic E-state index is 0.143.